The molecule has 1 saturated heterocycles. The summed E-state index contributed by atoms with van der Waals surface area (Å²) < 4.78 is 5.11. The molecule has 0 saturated carbocycles. The van der Waals surface area contributed by atoms with Crippen LogP contribution in [0.2, 0.25) is 5.02 Å². The molecule has 3 rings (SSSR count). The Bertz CT molecular complexity index is 802. The number of hydrazone groups is 1. The molecule has 2 aromatic carbocycles. The second-order valence-electron chi connectivity index (χ2n) is 6.71. The van der Waals surface area contributed by atoms with Crippen molar-refractivity contribution in [1.29, 1.82) is 0 Å². The van der Waals surface area contributed by atoms with Crippen LogP contribution in [0.1, 0.15) is 11.1 Å². The number of rotatable bonds is 7. The van der Waals surface area contributed by atoms with E-state index in [0.717, 1.165) is 54.6 Å². The van der Waals surface area contributed by atoms with Crippen molar-refractivity contribution in [2.24, 2.45) is 5.10 Å². The summed E-state index contributed by atoms with van der Waals surface area (Å²) in [7, 11) is 1.62. The van der Waals surface area contributed by atoms with E-state index in [1.807, 2.05) is 42.5 Å². The predicted molar refractivity (Wildman–Crippen MR) is 112 cm³/mol. The maximum Gasteiger partial charge on any atom is 0.254 e. The smallest absolute Gasteiger partial charge is 0.254 e. The lowest BCUT2D eigenvalue weighted by Gasteiger charge is -2.34. The normalized spacial score (nSPS) is 15.6. The molecule has 6 nitrogen and oxygen atoms in total. The number of carbonyl (C=O) groups is 1. The fraction of sp³-hybridized carbons (Fsp3) is 0.333. The number of piperazine rings is 1. The fourth-order valence-electron chi connectivity index (χ4n) is 3.08. The number of carbonyl (C=O) groups excluding carboxylic acids is 1. The van der Waals surface area contributed by atoms with Gasteiger partial charge in [-0.25, -0.2) is 5.43 Å². The first-order chi connectivity index (χ1) is 13.6. The first-order valence-corrected chi connectivity index (χ1v) is 9.66. The van der Waals surface area contributed by atoms with Gasteiger partial charge in [-0.05, 0) is 41.5 Å². The molecular weight excluding hydrogens is 376 g/mol. The van der Waals surface area contributed by atoms with E-state index in [9.17, 15) is 4.79 Å². The van der Waals surface area contributed by atoms with E-state index in [2.05, 4.69) is 26.4 Å². The molecule has 1 aliphatic rings. The number of methoxy groups -OCH3 is 1. The minimum absolute atomic E-state index is 0.107. The molecule has 0 unspecified atom stereocenters. The quantitative estimate of drug-likeness (QED) is 0.573. The number of amides is 1. The number of benzene rings is 2. The van der Waals surface area contributed by atoms with Crippen LogP contribution in [0, 0.1) is 0 Å². The third-order valence-electron chi connectivity index (χ3n) is 4.70. The molecule has 1 aliphatic heterocycles. The van der Waals surface area contributed by atoms with E-state index >= 15 is 0 Å². The van der Waals surface area contributed by atoms with Gasteiger partial charge in [0.2, 0.25) is 0 Å². The molecule has 1 amide bonds. The van der Waals surface area contributed by atoms with Crippen LogP contribution in [-0.4, -0.2) is 61.8 Å². The van der Waals surface area contributed by atoms with Crippen molar-refractivity contribution in [3.63, 3.8) is 0 Å². The molecule has 148 valence electrons. The predicted octanol–water partition coefficient (Wildman–Crippen LogP) is 2.62. The van der Waals surface area contributed by atoms with Crippen molar-refractivity contribution in [1.82, 2.24) is 15.2 Å². The first kappa shape index (κ1) is 20.3. The lowest BCUT2D eigenvalue weighted by molar-refractivity contribution is -0.122. The monoisotopic (exact) mass is 400 g/mol. The summed E-state index contributed by atoms with van der Waals surface area (Å²) in [5.74, 6) is 0.680. The number of hydrogen-bond donors (Lipinski definition) is 1. The van der Waals surface area contributed by atoms with Gasteiger partial charge in [0.05, 0.1) is 19.9 Å². The molecule has 1 N–H and O–H groups in total. The number of nitrogens with one attached hydrogen (secondary N) is 1. The van der Waals surface area contributed by atoms with Gasteiger partial charge in [0.25, 0.3) is 5.91 Å². The van der Waals surface area contributed by atoms with Crippen molar-refractivity contribution >= 4 is 23.7 Å². The largest absolute Gasteiger partial charge is 0.497 e. The van der Waals surface area contributed by atoms with Gasteiger partial charge in [-0.15, -0.1) is 0 Å². The summed E-state index contributed by atoms with van der Waals surface area (Å²) in [6, 6.07) is 15.4. The highest BCUT2D eigenvalue weighted by Gasteiger charge is 2.19. The van der Waals surface area contributed by atoms with Crippen molar-refractivity contribution in [3.05, 3.63) is 64.7 Å². The Morgan fingerprint density at radius 2 is 1.79 bits per heavy atom. The number of nitrogens with zero attached hydrogens (tertiary/aromatic N) is 3. The van der Waals surface area contributed by atoms with E-state index < -0.39 is 0 Å². The van der Waals surface area contributed by atoms with Crippen molar-refractivity contribution in [3.8, 4) is 5.75 Å². The first-order valence-electron chi connectivity index (χ1n) is 9.28. The average molecular weight is 401 g/mol. The van der Waals surface area contributed by atoms with E-state index in [-0.39, 0.29) is 5.91 Å². The SMILES string of the molecule is COc1ccc(C=NNC(=O)CN2CCN(Cc3ccccc3Cl)CC2)cc1. The molecule has 1 heterocycles. The number of halogens is 1. The van der Waals surface area contributed by atoms with Crippen LogP contribution >= 0.6 is 11.6 Å². The summed E-state index contributed by atoms with van der Waals surface area (Å²) in [6.07, 6.45) is 1.62. The summed E-state index contributed by atoms with van der Waals surface area (Å²) >= 11 is 6.24. The summed E-state index contributed by atoms with van der Waals surface area (Å²) in [4.78, 5) is 16.6. The summed E-state index contributed by atoms with van der Waals surface area (Å²) in [6.45, 7) is 4.70. The molecule has 0 aromatic heterocycles. The van der Waals surface area contributed by atoms with Gasteiger partial charge in [-0.3, -0.25) is 14.6 Å². The molecule has 0 atom stereocenters. The Labute approximate surface area is 170 Å². The fourth-order valence-corrected chi connectivity index (χ4v) is 3.28. The van der Waals surface area contributed by atoms with E-state index in [1.54, 1.807) is 13.3 Å². The highest BCUT2D eigenvalue weighted by Crippen LogP contribution is 2.17. The minimum Gasteiger partial charge on any atom is -0.497 e. The van der Waals surface area contributed by atoms with Crippen LogP contribution in [0.5, 0.6) is 5.75 Å². The highest BCUT2D eigenvalue weighted by atomic mass is 35.5. The van der Waals surface area contributed by atoms with Crippen molar-refractivity contribution < 1.29 is 9.53 Å². The van der Waals surface area contributed by atoms with E-state index in [1.165, 1.54) is 0 Å². The van der Waals surface area contributed by atoms with Crippen LogP contribution in [0.4, 0.5) is 0 Å². The Morgan fingerprint density at radius 1 is 1.11 bits per heavy atom. The van der Waals surface area contributed by atoms with Gasteiger partial charge >= 0.3 is 0 Å². The molecule has 0 bridgehead atoms. The van der Waals surface area contributed by atoms with Crippen LogP contribution in [-0.2, 0) is 11.3 Å². The zero-order valence-electron chi connectivity index (χ0n) is 16.0. The van der Waals surface area contributed by atoms with Crippen LogP contribution in [0.25, 0.3) is 0 Å². The molecule has 7 heteroatoms. The number of hydrogen-bond acceptors (Lipinski definition) is 5. The van der Waals surface area contributed by atoms with E-state index in [0.29, 0.717) is 6.54 Å². The second-order valence-corrected chi connectivity index (χ2v) is 7.12. The van der Waals surface area contributed by atoms with Gasteiger partial charge in [-0.2, -0.15) is 5.10 Å². The Kier molecular flexibility index (Phi) is 7.42. The van der Waals surface area contributed by atoms with Gasteiger partial charge in [0.15, 0.2) is 0 Å². The zero-order chi connectivity index (χ0) is 19.8. The number of ether oxygens (including phenoxy) is 1. The van der Waals surface area contributed by atoms with Crippen LogP contribution in [0.3, 0.4) is 0 Å². The molecule has 2 aromatic rings. The maximum absolute atomic E-state index is 12.1. The van der Waals surface area contributed by atoms with Crippen LogP contribution in [0.15, 0.2) is 53.6 Å². The standard InChI is InChI=1S/C21H25ClN4O2/c1-28-19-8-6-17(7-9-19)14-23-24-21(27)16-26-12-10-25(11-13-26)15-18-4-2-3-5-20(18)22/h2-9,14H,10-13,15-16H2,1H3,(H,24,27). The highest BCUT2D eigenvalue weighted by molar-refractivity contribution is 6.31. The molecule has 0 spiro atoms. The Morgan fingerprint density at radius 3 is 2.46 bits per heavy atom. The van der Waals surface area contributed by atoms with Gasteiger partial charge in [-0.1, -0.05) is 29.8 Å². The molecule has 0 aliphatic carbocycles. The lowest BCUT2D eigenvalue weighted by Crippen LogP contribution is -2.48. The zero-order valence-corrected chi connectivity index (χ0v) is 16.7. The summed E-state index contributed by atoms with van der Waals surface area (Å²) in [5.41, 5.74) is 4.63. The molecular formula is C21H25ClN4O2. The van der Waals surface area contributed by atoms with Crippen molar-refractivity contribution in [2.75, 3.05) is 39.8 Å². The summed E-state index contributed by atoms with van der Waals surface area (Å²) in [5, 5.41) is 4.83. The third-order valence-corrected chi connectivity index (χ3v) is 5.07. The second kappa shape index (κ2) is 10.2. The Hall–Kier alpha value is -2.41. The van der Waals surface area contributed by atoms with Gasteiger partial charge < -0.3 is 4.74 Å². The van der Waals surface area contributed by atoms with Crippen LogP contribution < -0.4 is 10.2 Å². The van der Waals surface area contributed by atoms with Crippen molar-refractivity contribution in [2.45, 2.75) is 6.54 Å². The molecule has 0 radical (unpaired) electrons. The van der Waals surface area contributed by atoms with E-state index in [4.69, 9.17) is 16.3 Å². The van der Waals surface area contributed by atoms with Gasteiger partial charge in [0, 0.05) is 37.7 Å². The average Bonchev–Trinajstić information content (AvgIpc) is 2.72. The maximum atomic E-state index is 12.1. The van der Waals surface area contributed by atoms with Gasteiger partial charge in [0.1, 0.15) is 5.75 Å². The minimum atomic E-state index is -0.107. The third kappa shape index (κ3) is 6.05. The molecule has 1 fully saturated rings. The topological polar surface area (TPSA) is 57.2 Å². The lowest BCUT2D eigenvalue weighted by atomic mass is 10.2. The molecule has 28 heavy (non-hydrogen) atoms. The Balaban J connectivity index is 1.38.